The summed E-state index contributed by atoms with van der Waals surface area (Å²) in [4.78, 5) is 15.3. The van der Waals surface area contributed by atoms with E-state index in [0.29, 0.717) is 50.1 Å². The maximum Gasteiger partial charge on any atom is 0.265 e. The summed E-state index contributed by atoms with van der Waals surface area (Å²) in [6.07, 6.45) is 0. The highest BCUT2D eigenvalue weighted by Gasteiger charge is 2.33. The number of morpholine rings is 1. The van der Waals surface area contributed by atoms with Crippen LogP contribution in [0.15, 0.2) is 83.8 Å². The van der Waals surface area contributed by atoms with E-state index in [4.69, 9.17) is 14.2 Å². The van der Waals surface area contributed by atoms with E-state index in [2.05, 4.69) is 0 Å². The van der Waals surface area contributed by atoms with Crippen LogP contribution in [0.4, 0.5) is 5.69 Å². The van der Waals surface area contributed by atoms with Gasteiger partial charge in [0.25, 0.3) is 5.91 Å². The monoisotopic (exact) mass is 494 g/mol. The molecule has 0 unspecified atom stereocenters. The molecule has 2 aliphatic heterocycles. The van der Waals surface area contributed by atoms with Crippen molar-refractivity contribution in [3.8, 4) is 11.5 Å². The number of anilines is 1. The molecule has 3 aromatic rings. The summed E-state index contributed by atoms with van der Waals surface area (Å²) in [5.74, 6) is 0.836. The van der Waals surface area contributed by atoms with Gasteiger partial charge in [-0.2, -0.15) is 4.31 Å². The molecule has 0 aliphatic carbocycles. The predicted molar refractivity (Wildman–Crippen MR) is 130 cm³/mol. The zero-order valence-corrected chi connectivity index (χ0v) is 19.9. The van der Waals surface area contributed by atoms with Crippen molar-refractivity contribution in [1.82, 2.24) is 4.31 Å². The minimum atomic E-state index is -3.59. The van der Waals surface area contributed by atoms with Crippen LogP contribution in [-0.4, -0.2) is 58.1 Å². The molecule has 0 saturated carbocycles. The lowest BCUT2D eigenvalue weighted by Crippen LogP contribution is -2.43. The van der Waals surface area contributed by atoms with Gasteiger partial charge >= 0.3 is 0 Å². The van der Waals surface area contributed by atoms with Crippen molar-refractivity contribution >= 4 is 21.6 Å². The molecule has 3 aromatic carbocycles. The van der Waals surface area contributed by atoms with Gasteiger partial charge in [0, 0.05) is 13.1 Å². The number of fused-ring (bicyclic) bond motifs is 1. The van der Waals surface area contributed by atoms with Gasteiger partial charge in [0.05, 0.1) is 29.8 Å². The second-order valence-corrected chi connectivity index (χ2v) is 10.2. The van der Waals surface area contributed by atoms with E-state index in [1.165, 1.54) is 16.4 Å². The van der Waals surface area contributed by atoms with E-state index in [9.17, 15) is 13.2 Å². The number of benzene rings is 3. The minimum Gasteiger partial charge on any atom is -0.489 e. The number of carbonyl (C=O) groups is 1. The zero-order chi connectivity index (χ0) is 24.3. The van der Waals surface area contributed by atoms with E-state index in [1.54, 1.807) is 17.0 Å². The smallest absolute Gasteiger partial charge is 0.265 e. The average molecular weight is 495 g/mol. The van der Waals surface area contributed by atoms with Gasteiger partial charge in [0.15, 0.2) is 6.61 Å². The minimum absolute atomic E-state index is 0.185. The number of ether oxygens (including phenoxy) is 3. The van der Waals surface area contributed by atoms with Gasteiger partial charge in [-0.05, 0) is 42.0 Å². The van der Waals surface area contributed by atoms with Crippen LogP contribution in [-0.2, 0) is 19.6 Å². The highest BCUT2D eigenvalue weighted by molar-refractivity contribution is 7.89. The number of carbonyl (C=O) groups excluding carboxylic acids is 1. The Kier molecular flexibility index (Phi) is 6.72. The lowest BCUT2D eigenvalue weighted by Gasteiger charge is -2.37. The maximum atomic E-state index is 13.4. The Morgan fingerprint density at radius 2 is 1.60 bits per heavy atom. The molecular formula is C26H26N2O6S. The molecule has 0 spiro atoms. The van der Waals surface area contributed by atoms with Crippen molar-refractivity contribution in [2.75, 3.05) is 44.4 Å². The fourth-order valence-corrected chi connectivity index (χ4v) is 5.68. The zero-order valence-electron chi connectivity index (χ0n) is 19.1. The Labute approximate surface area is 204 Å². The molecule has 8 nitrogen and oxygen atoms in total. The molecular weight excluding hydrogens is 468 g/mol. The first-order valence-electron chi connectivity index (χ1n) is 11.4. The Hall–Kier alpha value is -3.40. The summed E-state index contributed by atoms with van der Waals surface area (Å²) in [6.45, 7) is 1.57. The first-order chi connectivity index (χ1) is 17.0. The fraction of sp³-hybridized carbons (Fsp3) is 0.269. The van der Waals surface area contributed by atoms with Crippen molar-refractivity contribution < 1.29 is 27.4 Å². The molecule has 1 atom stereocenters. The first kappa shape index (κ1) is 23.3. The molecule has 2 aliphatic rings. The second-order valence-electron chi connectivity index (χ2n) is 8.25. The van der Waals surface area contributed by atoms with Crippen LogP contribution in [0.1, 0.15) is 11.6 Å². The van der Waals surface area contributed by atoms with Crippen LogP contribution in [0.25, 0.3) is 0 Å². The van der Waals surface area contributed by atoms with Gasteiger partial charge in [-0.15, -0.1) is 0 Å². The van der Waals surface area contributed by atoms with Gasteiger partial charge in [-0.25, -0.2) is 8.42 Å². The molecule has 0 bridgehead atoms. The van der Waals surface area contributed by atoms with Crippen molar-refractivity contribution in [3.63, 3.8) is 0 Å². The normalized spacial score (nSPS) is 18.4. The molecule has 182 valence electrons. The number of rotatable bonds is 6. The van der Waals surface area contributed by atoms with E-state index < -0.39 is 10.0 Å². The molecule has 0 aromatic heterocycles. The molecule has 5 rings (SSSR count). The molecule has 1 amide bonds. The lowest BCUT2D eigenvalue weighted by molar-refractivity contribution is -0.121. The van der Waals surface area contributed by atoms with E-state index >= 15 is 0 Å². The molecule has 2 heterocycles. The second kappa shape index (κ2) is 10.1. The van der Waals surface area contributed by atoms with Crippen LogP contribution in [0.3, 0.4) is 0 Å². The lowest BCUT2D eigenvalue weighted by atomic mass is 10.0. The topological polar surface area (TPSA) is 85.4 Å². The highest BCUT2D eigenvalue weighted by Crippen LogP contribution is 2.39. The van der Waals surface area contributed by atoms with Gasteiger partial charge in [0.2, 0.25) is 10.0 Å². The third kappa shape index (κ3) is 4.88. The maximum absolute atomic E-state index is 13.4. The van der Waals surface area contributed by atoms with E-state index in [1.807, 2.05) is 54.6 Å². The number of sulfonamides is 1. The van der Waals surface area contributed by atoms with Crippen LogP contribution in [0.5, 0.6) is 11.5 Å². The van der Waals surface area contributed by atoms with Crippen LogP contribution in [0.2, 0.25) is 0 Å². The average Bonchev–Trinajstić information content (AvgIpc) is 2.92. The summed E-state index contributed by atoms with van der Waals surface area (Å²) in [6, 6.07) is 23.0. The van der Waals surface area contributed by atoms with Crippen LogP contribution < -0.4 is 14.4 Å². The fourth-order valence-electron chi connectivity index (χ4n) is 4.28. The van der Waals surface area contributed by atoms with Gasteiger partial charge < -0.3 is 14.2 Å². The Bertz CT molecular complexity index is 1270. The van der Waals surface area contributed by atoms with E-state index in [-0.39, 0.29) is 23.5 Å². The van der Waals surface area contributed by atoms with Crippen molar-refractivity contribution in [2.45, 2.75) is 10.9 Å². The summed E-state index contributed by atoms with van der Waals surface area (Å²) < 4.78 is 44.0. The molecule has 0 N–H and O–H groups in total. The molecule has 9 heteroatoms. The van der Waals surface area contributed by atoms with Gasteiger partial charge in [0.1, 0.15) is 18.1 Å². The van der Waals surface area contributed by atoms with Crippen molar-refractivity contribution in [3.05, 3.63) is 84.4 Å². The summed E-state index contributed by atoms with van der Waals surface area (Å²) in [5, 5.41) is 0. The summed E-state index contributed by atoms with van der Waals surface area (Å²) in [7, 11) is -3.59. The number of nitrogens with zero attached hydrogens (tertiary/aromatic N) is 2. The molecule has 0 radical (unpaired) electrons. The van der Waals surface area contributed by atoms with Gasteiger partial charge in [-0.1, -0.05) is 42.5 Å². The largest absolute Gasteiger partial charge is 0.489 e. The van der Waals surface area contributed by atoms with Crippen LogP contribution in [0, 0.1) is 0 Å². The highest BCUT2D eigenvalue weighted by atomic mass is 32.2. The molecule has 1 fully saturated rings. The quantitative estimate of drug-likeness (QED) is 0.523. The summed E-state index contributed by atoms with van der Waals surface area (Å²) in [5.41, 5.74) is 1.65. The first-order valence-corrected chi connectivity index (χ1v) is 12.9. The Morgan fingerprint density at radius 1 is 0.914 bits per heavy atom. The van der Waals surface area contributed by atoms with Crippen LogP contribution >= 0.6 is 0 Å². The SMILES string of the molecule is O=C(COc1ccc(S(=O)(=O)N2CCOCC2)cc1)N1c2ccccc2OC[C@H]1c1ccccc1. The van der Waals surface area contributed by atoms with Crippen molar-refractivity contribution in [1.29, 1.82) is 0 Å². The summed E-state index contributed by atoms with van der Waals surface area (Å²) >= 11 is 0. The third-order valence-electron chi connectivity index (χ3n) is 6.08. The Morgan fingerprint density at radius 3 is 2.34 bits per heavy atom. The Balaban J connectivity index is 1.31. The number of hydrogen-bond acceptors (Lipinski definition) is 6. The number of para-hydroxylation sites is 2. The standard InChI is InChI=1S/C26H26N2O6S/c29-26(19-33-21-10-12-22(13-11-21)35(30,31)27-14-16-32-17-15-27)28-23-8-4-5-9-25(23)34-18-24(28)20-6-2-1-3-7-20/h1-13,24H,14-19H2/t24-/m0/s1. The van der Waals surface area contributed by atoms with E-state index in [0.717, 1.165) is 5.56 Å². The molecule has 1 saturated heterocycles. The van der Waals surface area contributed by atoms with Gasteiger partial charge in [-0.3, -0.25) is 9.69 Å². The number of amides is 1. The number of hydrogen-bond donors (Lipinski definition) is 0. The molecule has 35 heavy (non-hydrogen) atoms. The third-order valence-corrected chi connectivity index (χ3v) is 7.99. The predicted octanol–water partition coefficient (Wildman–Crippen LogP) is 3.25. The van der Waals surface area contributed by atoms with Crippen molar-refractivity contribution in [2.24, 2.45) is 0 Å².